The fourth-order valence-electron chi connectivity index (χ4n) is 1.90. The molecule has 1 aromatic carbocycles. The summed E-state index contributed by atoms with van der Waals surface area (Å²) in [5.74, 6) is 0.987. The topological polar surface area (TPSA) is 20.2 Å². The maximum Gasteiger partial charge on any atom is 0.0534 e. The van der Waals surface area contributed by atoms with E-state index in [-0.39, 0.29) is 12.0 Å². The largest absolute Gasteiger partial charge is 0.395 e. The van der Waals surface area contributed by atoms with Crippen molar-refractivity contribution < 1.29 is 5.11 Å². The molecule has 0 saturated carbocycles. The van der Waals surface area contributed by atoms with Crippen LogP contribution in [0.2, 0.25) is 0 Å². The Bertz CT molecular complexity index is 372. The van der Waals surface area contributed by atoms with Crippen LogP contribution in [-0.4, -0.2) is 11.7 Å². The predicted octanol–water partition coefficient (Wildman–Crippen LogP) is 3.56. The molecule has 1 N–H and O–H groups in total. The molecular weight excluding hydrogens is 196 g/mol. The highest BCUT2D eigenvalue weighted by molar-refractivity contribution is 5.61. The van der Waals surface area contributed by atoms with E-state index in [1.54, 1.807) is 0 Å². The van der Waals surface area contributed by atoms with Gasteiger partial charge in [0.15, 0.2) is 0 Å². The number of aliphatic hydroxyl groups is 1. The van der Waals surface area contributed by atoms with Gasteiger partial charge in [-0.2, -0.15) is 0 Å². The number of benzene rings is 1. The Balaban J connectivity index is 3.38. The second-order valence-corrected chi connectivity index (χ2v) is 5.16. The number of hydrogen-bond acceptors (Lipinski definition) is 1. The first-order valence-corrected chi connectivity index (χ1v) is 5.61. The summed E-state index contributed by atoms with van der Waals surface area (Å²) in [5, 5.41) is 9.23. The monoisotopic (exact) mass is 217 g/mol. The van der Waals surface area contributed by atoms with Gasteiger partial charge < -0.3 is 5.11 Å². The van der Waals surface area contributed by atoms with Crippen LogP contribution >= 0.6 is 0 Å². The minimum Gasteiger partial charge on any atom is -0.395 e. The lowest BCUT2D eigenvalue weighted by molar-refractivity contribution is 0.315. The fourth-order valence-corrected chi connectivity index (χ4v) is 1.90. The Kier molecular flexibility index (Phi) is 3.93. The summed E-state index contributed by atoms with van der Waals surface area (Å²) >= 11 is 0. The molecule has 1 rings (SSSR count). The van der Waals surface area contributed by atoms with E-state index < -0.39 is 0 Å². The molecule has 0 aliphatic carbocycles. The van der Waals surface area contributed by atoms with Crippen LogP contribution in [0.25, 0.3) is 6.08 Å². The van der Waals surface area contributed by atoms with E-state index in [0.717, 1.165) is 17.0 Å². The van der Waals surface area contributed by atoms with Gasteiger partial charge in [0, 0.05) is 5.92 Å². The molecule has 0 unspecified atom stereocenters. The zero-order valence-corrected chi connectivity index (χ0v) is 10.7. The maximum atomic E-state index is 9.23. The lowest BCUT2D eigenvalue weighted by Crippen LogP contribution is -2.15. The quantitative estimate of drug-likeness (QED) is 0.820. The first-order valence-electron chi connectivity index (χ1n) is 5.61. The van der Waals surface area contributed by atoms with E-state index in [0.29, 0.717) is 0 Å². The summed E-state index contributed by atoms with van der Waals surface area (Å²) in [5.41, 5.74) is 3.61. The van der Waals surface area contributed by atoms with Crippen LogP contribution in [0.5, 0.6) is 0 Å². The van der Waals surface area contributed by atoms with Crippen LogP contribution in [0.15, 0.2) is 24.8 Å². The summed E-state index contributed by atoms with van der Waals surface area (Å²) in [6.45, 7) is 12.5. The van der Waals surface area contributed by atoms with Crippen molar-refractivity contribution in [3.63, 3.8) is 0 Å². The van der Waals surface area contributed by atoms with Gasteiger partial charge in [-0.25, -0.2) is 0 Å². The molecule has 0 heterocycles. The zero-order chi connectivity index (χ0) is 12.3. The van der Waals surface area contributed by atoms with Crippen molar-refractivity contribution in [1.82, 2.24) is 0 Å². The highest BCUT2D eigenvalue weighted by atomic mass is 16.3. The van der Waals surface area contributed by atoms with Crippen molar-refractivity contribution in [2.75, 3.05) is 6.61 Å². The van der Waals surface area contributed by atoms with Gasteiger partial charge in [0.25, 0.3) is 0 Å². The summed E-state index contributed by atoms with van der Waals surface area (Å²) in [7, 11) is 0. The van der Waals surface area contributed by atoms with Crippen LogP contribution in [0.3, 0.4) is 0 Å². The Hall–Kier alpha value is -1.08. The van der Waals surface area contributed by atoms with Crippen LogP contribution in [0, 0.1) is 5.92 Å². The average molecular weight is 217 g/mol. The number of hydrogen-bond donors (Lipinski definition) is 1. The molecule has 1 nitrogen and oxygen atoms in total. The van der Waals surface area contributed by atoms with Gasteiger partial charge in [0.2, 0.25) is 0 Å². The second kappa shape index (κ2) is 4.84. The van der Waals surface area contributed by atoms with Crippen LogP contribution < -0.4 is 0 Å². The summed E-state index contributed by atoms with van der Waals surface area (Å²) in [4.78, 5) is 0. The van der Waals surface area contributed by atoms with Crippen molar-refractivity contribution in [3.05, 3.63) is 47.4 Å². The van der Waals surface area contributed by atoms with Gasteiger partial charge in [0.05, 0.1) is 6.61 Å². The zero-order valence-electron chi connectivity index (χ0n) is 10.7. The van der Waals surface area contributed by atoms with E-state index in [1.165, 1.54) is 5.56 Å². The van der Waals surface area contributed by atoms with Gasteiger partial charge >= 0.3 is 0 Å². The molecule has 0 bridgehead atoms. The second-order valence-electron chi connectivity index (χ2n) is 5.16. The highest BCUT2D eigenvalue weighted by Gasteiger charge is 2.20. The van der Waals surface area contributed by atoms with Crippen LogP contribution in [0.4, 0.5) is 0 Å². The molecule has 0 amide bonds. The van der Waals surface area contributed by atoms with Crippen molar-refractivity contribution >= 4 is 6.08 Å². The van der Waals surface area contributed by atoms with Crippen LogP contribution in [-0.2, 0) is 5.41 Å². The van der Waals surface area contributed by atoms with E-state index >= 15 is 0 Å². The van der Waals surface area contributed by atoms with Crippen molar-refractivity contribution in [1.29, 1.82) is 0 Å². The molecular formula is C15H21O. The third-order valence-electron chi connectivity index (χ3n) is 2.82. The molecule has 0 saturated heterocycles. The summed E-state index contributed by atoms with van der Waals surface area (Å²) in [6, 6.07) is 6.21. The molecule has 0 atom stereocenters. The molecule has 87 valence electrons. The molecule has 1 radical (unpaired) electrons. The van der Waals surface area contributed by atoms with Gasteiger partial charge in [-0.3, -0.25) is 0 Å². The standard InChI is InChI=1S/C15H21O/c1-6-12-13(11(2)10-16)8-7-9-14(12)15(3,4)5/h6-9,16H,1,10H2,2-5H3. The van der Waals surface area contributed by atoms with E-state index in [4.69, 9.17) is 0 Å². The maximum absolute atomic E-state index is 9.23. The van der Waals surface area contributed by atoms with Crippen LogP contribution in [0.1, 0.15) is 44.4 Å². The summed E-state index contributed by atoms with van der Waals surface area (Å²) in [6.07, 6.45) is 1.88. The first-order chi connectivity index (χ1) is 7.41. The number of aliphatic hydroxyl groups excluding tert-OH is 1. The Morgan fingerprint density at radius 2 is 2.00 bits per heavy atom. The smallest absolute Gasteiger partial charge is 0.0534 e. The molecule has 0 fully saturated rings. The Labute approximate surface area is 98.8 Å². The van der Waals surface area contributed by atoms with Crippen molar-refractivity contribution in [2.45, 2.75) is 33.1 Å². The average Bonchev–Trinajstić information content (AvgIpc) is 2.25. The molecule has 1 heteroatoms. The van der Waals surface area contributed by atoms with Gasteiger partial charge in [-0.15, -0.1) is 0 Å². The lowest BCUT2D eigenvalue weighted by Gasteiger charge is -2.24. The molecule has 16 heavy (non-hydrogen) atoms. The normalized spacial score (nSPS) is 11.9. The molecule has 0 aromatic heterocycles. The fraction of sp³-hybridized carbons (Fsp3) is 0.400. The minimum atomic E-state index is 0.0917. The third kappa shape index (κ3) is 2.53. The molecule has 0 aliphatic heterocycles. The van der Waals surface area contributed by atoms with Gasteiger partial charge in [0.1, 0.15) is 0 Å². The Morgan fingerprint density at radius 1 is 1.38 bits per heavy atom. The molecule has 1 aromatic rings. The minimum absolute atomic E-state index is 0.0917. The van der Waals surface area contributed by atoms with E-state index in [9.17, 15) is 5.11 Å². The lowest BCUT2D eigenvalue weighted by atomic mass is 9.80. The Morgan fingerprint density at radius 3 is 2.44 bits per heavy atom. The van der Waals surface area contributed by atoms with Crippen molar-refractivity contribution in [3.8, 4) is 0 Å². The van der Waals surface area contributed by atoms with E-state index in [2.05, 4.69) is 33.4 Å². The molecule has 0 spiro atoms. The number of rotatable bonds is 3. The summed E-state index contributed by atoms with van der Waals surface area (Å²) < 4.78 is 0. The first kappa shape index (κ1) is 13.0. The van der Waals surface area contributed by atoms with Gasteiger partial charge in [-0.05, 0) is 22.1 Å². The third-order valence-corrected chi connectivity index (χ3v) is 2.82. The molecule has 0 aliphatic rings. The van der Waals surface area contributed by atoms with Crippen molar-refractivity contribution in [2.24, 2.45) is 0 Å². The van der Waals surface area contributed by atoms with E-state index in [1.807, 2.05) is 25.1 Å². The predicted molar refractivity (Wildman–Crippen MR) is 70.3 cm³/mol. The highest BCUT2D eigenvalue weighted by Crippen LogP contribution is 2.31. The van der Waals surface area contributed by atoms with Gasteiger partial charge in [-0.1, -0.05) is 58.5 Å². The SMILES string of the molecule is C=Cc1c([C](C)CO)cccc1C(C)(C)C.